The number of nitrogens with one attached hydrogen (secondary N) is 1. The van der Waals surface area contributed by atoms with Crippen molar-refractivity contribution in [2.24, 2.45) is 5.92 Å². The second kappa shape index (κ2) is 18.4. The van der Waals surface area contributed by atoms with Gasteiger partial charge in [0.25, 0.3) is 0 Å². The van der Waals surface area contributed by atoms with Gasteiger partial charge >= 0.3 is 5.97 Å². The van der Waals surface area contributed by atoms with E-state index < -0.39 is 12.2 Å². The number of hydrogen-bond donors (Lipinski definition) is 3. The fourth-order valence-corrected chi connectivity index (χ4v) is 3.07. The Morgan fingerprint density at radius 2 is 2.13 bits per heavy atom. The van der Waals surface area contributed by atoms with E-state index in [2.05, 4.69) is 38.8 Å². The molecule has 0 aliphatic heterocycles. The molecule has 0 rings (SSSR count). The lowest BCUT2D eigenvalue weighted by Gasteiger charge is -2.27. The number of aliphatic hydroxyl groups excluding tert-OH is 1. The molecule has 3 N–H and O–H groups in total. The minimum absolute atomic E-state index is 0.128. The zero-order valence-electron chi connectivity index (χ0n) is 18.1. The summed E-state index contributed by atoms with van der Waals surface area (Å²) in [4.78, 5) is 12.9. The number of aliphatic hydroxyl groups is 1. The summed E-state index contributed by atoms with van der Waals surface area (Å²) < 4.78 is 10.4. The van der Waals surface area contributed by atoms with Crippen molar-refractivity contribution in [2.75, 3.05) is 37.8 Å². The van der Waals surface area contributed by atoms with Gasteiger partial charge in [0.1, 0.15) is 12.0 Å². The van der Waals surface area contributed by atoms with E-state index in [9.17, 15) is 9.90 Å². The molecular weight excluding hydrogens is 472 g/mol. The lowest BCUT2D eigenvalue weighted by molar-refractivity contribution is -0.140. The van der Waals surface area contributed by atoms with Crippen molar-refractivity contribution in [2.45, 2.75) is 32.9 Å². The largest absolute Gasteiger partial charge is 0.485 e. The summed E-state index contributed by atoms with van der Waals surface area (Å²) in [5.74, 6) is -0.591. The SMILES string of the molecule is C=CC(C/C=C/OSC)C(O)NCCN(CC)C(/C=C(\CBr)OCC(=O)O)=C/CC. The Morgan fingerprint density at radius 1 is 1.40 bits per heavy atom. The number of rotatable bonds is 18. The fourth-order valence-electron chi connectivity index (χ4n) is 2.56. The topological polar surface area (TPSA) is 91.3 Å². The quantitative estimate of drug-likeness (QED) is 0.0643. The van der Waals surface area contributed by atoms with Crippen LogP contribution in [0.5, 0.6) is 0 Å². The van der Waals surface area contributed by atoms with Gasteiger partial charge in [0.2, 0.25) is 0 Å². The number of aliphatic carboxylic acids is 1. The third kappa shape index (κ3) is 13.0. The summed E-state index contributed by atoms with van der Waals surface area (Å²) in [6.07, 6.45) is 11.7. The highest BCUT2D eigenvalue weighted by atomic mass is 79.9. The van der Waals surface area contributed by atoms with Crippen LogP contribution in [0.1, 0.15) is 26.7 Å². The van der Waals surface area contributed by atoms with Crippen LogP contribution in [0, 0.1) is 5.92 Å². The van der Waals surface area contributed by atoms with Crippen LogP contribution in [0.2, 0.25) is 0 Å². The molecular formula is C21H35BrN2O5S. The highest BCUT2D eigenvalue weighted by molar-refractivity contribution is 9.09. The Balaban J connectivity index is 4.89. The van der Waals surface area contributed by atoms with E-state index in [1.807, 2.05) is 32.3 Å². The van der Waals surface area contributed by atoms with Crippen LogP contribution in [0.25, 0.3) is 0 Å². The number of halogens is 1. The zero-order chi connectivity index (χ0) is 22.8. The smallest absolute Gasteiger partial charge is 0.341 e. The number of carbonyl (C=O) groups is 1. The highest BCUT2D eigenvalue weighted by Crippen LogP contribution is 2.14. The van der Waals surface area contributed by atoms with Crippen molar-refractivity contribution in [3.63, 3.8) is 0 Å². The Labute approximate surface area is 193 Å². The maximum absolute atomic E-state index is 10.8. The van der Waals surface area contributed by atoms with E-state index in [0.29, 0.717) is 30.6 Å². The maximum Gasteiger partial charge on any atom is 0.341 e. The molecule has 0 aliphatic rings. The number of allylic oxidation sites excluding steroid dienone is 4. The van der Waals surface area contributed by atoms with Crippen molar-refractivity contribution < 1.29 is 23.9 Å². The van der Waals surface area contributed by atoms with Crippen molar-refractivity contribution in [3.8, 4) is 0 Å². The molecule has 0 saturated carbocycles. The van der Waals surface area contributed by atoms with Crippen LogP contribution in [-0.2, 0) is 13.7 Å². The number of carboxylic acids is 1. The first kappa shape index (κ1) is 28.6. The Hall–Kier alpha value is -1.42. The third-order valence-corrected chi connectivity index (χ3v) is 4.94. The molecule has 0 saturated heterocycles. The normalized spacial score (nSPS) is 14.4. The van der Waals surface area contributed by atoms with Gasteiger partial charge < -0.3 is 24.0 Å². The summed E-state index contributed by atoms with van der Waals surface area (Å²) in [7, 11) is 0. The van der Waals surface area contributed by atoms with Crippen LogP contribution >= 0.6 is 28.0 Å². The van der Waals surface area contributed by atoms with Crippen molar-refractivity contribution in [3.05, 3.63) is 48.6 Å². The van der Waals surface area contributed by atoms with Gasteiger partial charge in [-0.2, -0.15) is 0 Å². The van der Waals surface area contributed by atoms with E-state index in [-0.39, 0.29) is 12.5 Å². The average molecular weight is 507 g/mol. The second-order valence-electron chi connectivity index (χ2n) is 6.21. The molecule has 7 nitrogen and oxygen atoms in total. The maximum atomic E-state index is 10.8. The van der Waals surface area contributed by atoms with Crippen LogP contribution in [0.3, 0.4) is 0 Å². The molecule has 30 heavy (non-hydrogen) atoms. The van der Waals surface area contributed by atoms with Crippen molar-refractivity contribution >= 4 is 33.9 Å². The monoisotopic (exact) mass is 506 g/mol. The van der Waals surface area contributed by atoms with Gasteiger partial charge in [-0.1, -0.05) is 35.0 Å². The molecule has 2 unspecified atom stereocenters. The summed E-state index contributed by atoms with van der Waals surface area (Å²) in [6.45, 7) is 9.50. The molecule has 0 fully saturated rings. The Kier molecular flexibility index (Phi) is 17.5. The van der Waals surface area contributed by atoms with Crippen molar-refractivity contribution in [1.29, 1.82) is 0 Å². The molecule has 0 aromatic rings. The number of alkyl halides is 1. The second-order valence-corrected chi connectivity index (χ2v) is 7.30. The van der Waals surface area contributed by atoms with Crippen LogP contribution in [-0.4, -0.2) is 65.1 Å². The minimum atomic E-state index is -1.01. The molecule has 0 amide bonds. The van der Waals surface area contributed by atoms with Gasteiger partial charge in [0.05, 0.1) is 23.6 Å². The van der Waals surface area contributed by atoms with E-state index >= 15 is 0 Å². The summed E-state index contributed by atoms with van der Waals surface area (Å²) in [5, 5.41) is 22.8. The van der Waals surface area contributed by atoms with Crippen molar-refractivity contribution in [1.82, 2.24) is 10.2 Å². The van der Waals surface area contributed by atoms with Gasteiger partial charge in [0, 0.05) is 37.5 Å². The molecule has 0 aliphatic carbocycles. The lowest BCUT2D eigenvalue weighted by Crippen LogP contribution is -2.40. The van der Waals surface area contributed by atoms with E-state index in [4.69, 9.17) is 14.0 Å². The van der Waals surface area contributed by atoms with Gasteiger partial charge in [-0.15, -0.1) is 6.58 Å². The van der Waals surface area contributed by atoms with Crippen LogP contribution < -0.4 is 5.32 Å². The first-order valence-corrected chi connectivity index (χ1v) is 12.1. The number of hydrogen-bond acceptors (Lipinski definition) is 7. The molecule has 0 aromatic heterocycles. The minimum Gasteiger partial charge on any atom is -0.485 e. The Bertz CT molecular complexity index is 584. The number of carboxylic acid groups (broad SMARTS) is 1. The first-order chi connectivity index (χ1) is 14.4. The highest BCUT2D eigenvalue weighted by Gasteiger charge is 2.15. The fraction of sp³-hybridized carbons (Fsp3) is 0.571. The summed E-state index contributed by atoms with van der Waals surface area (Å²) >= 11 is 4.60. The summed E-state index contributed by atoms with van der Waals surface area (Å²) in [6, 6.07) is 0. The Morgan fingerprint density at radius 3 is 2.67 bits per heavy atom. The van der Waals surface area contributed by atoms with Gasteiger partial charge in [0.15, 0.2) is 6.61 Å². The number of likely N-dealkylation sites (N-methyl/N-ethyl adjacent to an activating group) is 1. The number of ether oxygens (including phenoxy) is 1. The van der Waals surface area contributed by atoms with Gasteiger partial charge in [-0.3, -0.25) is 5.32 Å². The molecule has 0 bridgehead atoms. The predicted octanol–water partition coefficient (Wildman–Crippen LogP) is 3.89. The third-order valence-electron chi connectivity index (χ3n) is 4.08. The molecule has 0 heterocycles. The zero-order valence-corrected chi connectivity index (χ0v) is 20.5. The molecule has 0 radical (unpaired) electrons. The summed E-state index contributed by atoms with van der Waals surface area (Å²) in [5.41, 5.74) is 0.952. The van der Waals surface area contributed by atoms with Crippen LogP contribution in [0.15, 0.2) is 48.6 Å². The predicted molar refractivity (Wildman–Crippen MR) is 127 cm³/mol. The molecule has 0 aromatic carbocycles. The number of nitrogens with zero attached hydrogens (tertiary/aromatic N) is 1. The molecule has 172 valence electrons. The van der Waals surface area contributed by atoms with E-state index in [1.165, 1.54) is 12.0 Å². The van der Waals surface area contributed by atoms with Gasteiger partial charge in [-0.25, -0.2) is 4.79 Å². The van der Waals surface area contributed by atoms with Gasteiger partial charge in [-0.05, 0) is 31.9 Å². The molecule has 9 heteroatoms. The molecule has 0 spiro atoms. The lowest BCUT2D eigenvalue weighted by atomic mass is 10.0. The standard InChI is InChI=1S/C21H35BrN2O5S/c1-5-9-18(14-19(15-22)28-16-20(25)26)24(7-3)12-11-23-21(27)17(6-2)10-8-13-29-30-4/h6,8-9,13-14,17,21,23,27H,2,5,7,10-12,15-16H2,1,3-4H3,(H,25,26)/b13-8+,18-9+,19-14+. The molecule has 2 atom stereocenters. The average Bonchev–Trinajstić information content (AvgIpc) is 2.73. The first-order valence-electron chi connectivity index (χ1n) is 9.88. The van der Waals surface area contributed by atoms with E-state index in [0.717, 1.165) is 18.7 Å². The van der Waals surface area contributed by atoms with E-state index in [1.54, 1.807) is 12.3 Å². The van der Waals surface area contributed by atoms with Crippen LogP contribution in [0.4, 0.5) is 0 Å².